The molecule has 2 saturated heterocycles. The van der Waals surface area contributed by atoms with E-state index in [1.807, 2.05) is 30.3 Å². The average Bonchev–Trinajstić information content (AvgIpc) is 3.48. The normalized spacial score (nSPS) is 24.2. The van der Waals surface area contributed by atoms with E-state index < -0.39 is 24.1 Å². The molecule has 1 amide bonds. The van der Waals surface area contributed by atoms with Crippen molar-refractivity contribution in [1.29, 1.82) is 0 Å². The standard InChI is InChI=1S/C40H48N2O12/c1-27-35(25-42-11-13-47-15-17-49-19-21-51-22-20-50-18-16-48-14-12-42)52-40(53-36(27)29-7-5-28(26-43)6-8-29)31-3-2-4-32(23-31)41-37(44)30-9-10-33-34(24-30)39(46)54-38(33)45/h2-10,23-24,27,35-36,40,43H,11-22,25-26H2,1H3,(H,41,44). The summed E-state index contributed by atoms with van der Waals surface area (Å²) < 4.78 is 46.6. The molecular weight excluding hydrogens is 700 g/mol. The van der Waals surface area contributed by atoms with Crippen LogP contribution in [0, 0.1) is 5.92 Å². The predicted octanol–water partition coefficient (Wildman–Crippen LogP) is 3.93. The van der Waals surface area contributed by atoms with E-state index >= 15 is 0 Å². The van der Waals surface area contributed by atoms with Crippen LogP contribution >= 0.6 is 0 Å². The number of carbonyl (C=O) groups excluding carboxylic acids is 3. The summed E-state index contributed by atoms with van der Waals surface area (Å²) in [6.07, 6.45) is -1.40. The van der Waals surface area contributed by atoms with Crippen LogP contribution in [-0.2, 0) is 44.5 Å². The molecule has 14 nitrogen and oxygen atoms in total. The summed E-state index contributed by atoms with van der Waals surface area (Å²) in [7, 11) is 0. The number of nitrogens with one attached hydrogen (secondary N) is 1. The van der Waals surface area contributed by atoms with E-state index in [-0.39, 0.29) is 41.4 Å². The number of benzene rings is 3. The third-order valence-corrected chi connectivity index (χ3v) is 9.48. The number of carbonyl (C=O) groups is 3. The van der Waals surface area contributed by atoms with E-state index in [0.717, 1.165) is 11.1 Å². The fourth-order valence-electron chi connectivity index (χ4n) is 6.44. The Morgan fingerprint density at radius 2 is 1.33 bits per heavy atom. The number of fused-ring (bicyclic) bond motifs is 1. The largest absolute Gasteiger partial charge is 0.392 e. The first-order valence-electron chi connectivity index (χ1n) is 18.3. The molecular formula is C40H48N2O12. The predicted molar refractivity (Wildman–Crippen MR) is 194 cm³/mol. The molecule has 14 heteroatoms. The number of hydrogen-bond acceptors (Lipinski definition) is 13. The molecule has 3 aromatic carbocycles. The number of esters is 2. The van der Waals surface area contributed by atoms with Gasteiger partial charge in [0.15, 0.2) is 6.29 Å². The van der Waals surface area contributed by atoms with Crippen molar-refractivity contribution in [2.45, 2.75) is 32.0 Å². The number of amides is 1. The SMILES string of the molecule is CC1C(CN2CCOCCOCCOCCOCCOCC2)OC(c2cccc(NC(=O)c3ccc4c(c3)C(=O)OC4=O)c2)OC1c1ccc(CO)cc1. The van der Waals surface area contributed by atoms with Crippen LogP contribution in [0.25, 0.3) is 0 Å². The Labute approximate surface area is 314 Å². The van der Waals surface area contributed by atoms with E-state index in [9.17, 15) is 19.5 Å². The molecule has 0 spiro atoms. The smallest absolute Gasteiger partial charge is 0.346 e. The van der Waals surface area contributed by atoms with Gasteiger partial charge in [-0.05, 0) is 41.5 Å². The van der Waals surface area contributed by atoms with Gasteiger partial charge in [0.1, 0.15) is 0 Å². The molecule has 4 atom stereocenters. The van der Waals surface area contributed by atoms with Gasteiger partial charge in [0.2, 0.25) is 0 Å². The molecule has 3 heterocycles. The van der Waals surface area contributed by atoms with Crippen molar-refractivity contribution in [3.05, 3.63) is 100 Å². The highest BCUT2D eigenvalue weighted by molar-refractivity contribution is 6.16. The topological polar surface area (TPSA) is 161 Å². The van der Waals surface area contributed by atoms with E-state index in [4.69, 9.17) is 33.2 Å². The van der Waals surface area contributed by atoms with Crippen LogP contribution in [0.2, 0.25) is 0 Å². The van der Waals surface area contributed by atoms with Gasteiger partial charge in [-0.15, -0.1) is 0 Å². The molecule has 0 aliphatic carbocycles. The van der Waals surface area contributed by atoms with Gasteiger partial charge in [0, 0.05) is 42.4 Å². The van der Waals surface area contributed by atoms with Crippen LogP contribution in [0.4, 0.5) is 5.69 Å². The maximum atomic E-state index is 13.3. The number of nitrogens with zero attached hydrogens (tertiary/aromatic N) is 1. The Balaban J connectivity index is 1.17. The zero-order valence-corrected chi connectivity index (χ0v) is 30.4. The Hall–Kier alpha value is -4.09. The summed E-state index contributed by atoms with van der Waals surface area (Å²) in [5.41, 5.74) is 3.33. The highest BCUT2D eigenvalue weighted by Crippen LogP contribution is 2.42. The van der Waals surface area contributed by atoms with Gasteiger partial charge >= 0.3 is 11.9 Å². The molecule has 0 bridgehead atoms. The Kier molecular flexibility index (Phi) is 14.7. The van der Waals surface area contributed by atoms with Crippen molar-refractivity contribution < 1.29 is 57.4 Å². The van der Waals surface area contributed by atoms with Gasteiger partial charge in [0.05, 0.1) is 96.0 Å². The van der Waals surface area contributed by atoms with E-state index in [2.05, 4.69) is 21.9 Å². The Bertz CT molecular complexity index is 1680. The van der Waals surface area contributed by atoms with Gasteiger partial charge in [-0.1, -0.05) is 43.3 Å². The first kappa shape index (κ1) is 39.6. The molecule has 0 saturated carbocycles. The monoisotopic (exact) mass is 748 g/mol. The Morgan fingerprint density at radius 3 is 1.96 bits per heavy atom. The maximum Gasteiger partial charge on any atom is 0.346 e. The van der Waals surface area contributed by atoms with Crippen LogP contribution in [0.3, 0.4) is 0 Å². The molecule has 2 N–H and O–H groups in total. The number of anilines is 1. The van der Waals surface area contributed by atoms with E-state index in [1.165, 1.54) is 18.2 Å². The molecule has 0 aromatic heterocycles. The lowest BCUT2D eigenvalue weighted by Crippen LogP contribution is -2.46. The number of rotatable bonds is 7. The quantitative estimate of drug-likeness (QED) is 0.265. The van der Waals surface area contributed by atoms with Crippen molar-refractivity contribution >= 4 is 23.5 Å². The number of aliphatic hydroxyl groups is 1. The maximum absolute atomic E-state index is 13.3. The van der Waals surface area contributed by atoms with Crippen molar-refractivity contribution in [2.24, 2.45) is 5.92 Å². The van der Waals surface area contributed by atoms with Crippen molar-refractivity contribution in [3.8, 4) is 0 Å². The highest BCUT2D eigenvalue weighted by Gasteiger charge is 2.39. The lowest BCUT2D eigenvalue weighted by atomic mass is 9.90. The number of hydrogen-bond donors (Lipinski definition) is 2. The summed E-state index contributed by atoms with van der Waals surface area (Å²) in [4.78, 5) is 39.5. The zero-order chi connectivity index (χ0) is 37.7. The fraction of sp³-hybridized carbons (Fsp3) is 0.475. The second-order valence-electron chi connectivity index (χ2n) is 13.2. The van der Waals surface area contributed by atoms with Crippen molar-refractivity contribution in [1.82, 2.24) is 4.90 Å². The van der Waals surface area contributed by atoms with Crippen LogP contribution in [-0.4, -0.2) is 120 Å². The van der Waals surface area contributed by atoms with Gasteiger partial charge in [-0.25, -0.2) is 9.59 Å². The second kappa shape index (κ2) is 20.0. The minimum atomic E-state index is -0.780. The zero-order valence-electron chi connectivity index (χ0n) is 30.4. The van der Waals surface area contributed by atoms with Crippen LogP contribution in [0.15, 0.2) is 66.7 Å². The summed E-state index contributed by atoms with van der Waals surface area (Å²) in [5.74, 6) is -2.04. The van der Waals surface area contributed by atoms with Crippen molar-refractivity contribution in [3.63, 3.8) is 0 Å². The molecule has 4 unspecified atom stereocenters. The molecule has 54 heavy (non-hydrogen) atoms. The van der Waals surface area contributed by atoms with Crippen LogP contribution < -0.4 is 5.32 Å². The minimum absolute atomic E-state index is 0.0557. The number of cyclic esters (lactones) is 2. The van der Waals surface area contributed by atoms with E-state index in [1.54, 1.807) is 18.2 Å². The van der Waals surface area contributed by atoms with Gasteiger partial charge in [0.25, 0.3) is 5.91 Å². The second-order valence-corrected chi connectivity index (χ2v) is 13.2. The molecule has 290 valence electrons. The van der Waals surface area contributed by atoms with Gasteiger partial charge in [-0.3, -0.25) is 9.69 Å². The third-order valence-electron chi connectivity index (χ3n) is 9.48. The average molecular weight is 749 g/mol. The van der Waals surface area contributed by atoms with Crippen LogP contribution in [0.5, 0.6) is 0 Å². The first-order valence-corrected chi connectivity index (χ1v) is 18.3. The summed E-state index contributed by atoms with van der Waals surface area (Å²) in [6, 6.07) is 19.2. The molecule has 6 rings (SSSR count). The molecule has 3 aromatic rings. The summed E-state index contributed by atoms with van der Waals surface area (Å²) in [6.45, 7) is 8.79. The number of aliphatic hydroxyl groups excluding tert-OH is 1. The molecule has 0 radical (unpaired) electrons. The van der Waals surface area contributed by atoms with E-state index in [0.29, 0.717) is 97.0 Å². The lowest BCUT2D eigenvalue weighted by Gasteiger charge is -2.43. The third kappa shape index (κ3) is 10.8. The summed E-state index contributed by atoms with van der Waals surface area (Å²) >= 11 is 0. The molecule has 2 fully saturated rings. The molecule has 3 aliphatic heterocycles. The fourth-order valence-corrected chi connectivity index (χ4v) is 6.44. The van der Waals surface area contributed by atoms with Crippen molar-refractivity contribution in [2.75, 3.05) is 91.0 Å². The molecule has 3 aliphatic rings. The number of ether oxygens (including phenoxy) is 8. The Morgan fingerprint density at radius 1 is 0.722 bits per heavy atom. The van der Waals surface area contributed by atoms with Crippen LogP contribution in [0.1, 0.15) is 67.1 Å². The first-order chi connectivity index (χ1) is 26.4. The minimum Gasteiger partial charge on any atom is -0.392 e. The lowest BCUT2D eigenvalue weighted by molar-refractivity contribution is -0.276. The summed E-state index contributed by atoms with van der Waals surface area (Å²) in [5, 5.41) is 12.5. The van der Waals surface area contributed by atoms with Gasteiger partial charge < -0.3 is 48.3 Å². The highest BCUT2D eigenvalue weighted by atomic mass is 16.7. The van der Waals surface area contributed by atoms with Gasteiger partial charge in [-0.2, -0.15) is 0 Å².